The molecule has 7 nitrogen and oxygen atoms in total. The number of carbonyl (C=O) groups excluding carboxylic acids is 2. The van der Waals surface area contributed by atoms with Crippen LogP contribution in [0.15, 0.2) is 78.9 Å². The van der Waals surface area contributed by atoms with E-state index in [1.54, 1.807) is 4.90 Å². The van der Waals surface area contributed by atoms with Crippen molar-refractivity contribution in [3.8, 4) is 11.1 Å². The van der Waals surface area contributed by atoms with Crippen molar-refractivity contribution in [2.75, 3.05) is 19.7 Å². The van der Waals surface area contributed by atoms with Crippen molar-refractivity contribution in [2.45, 2.75) is 38.1 Å². The average molecular weight is 527 g/mol. The van der Waals surface area contributed by atoms with Crippen LogP contribution >= 0.6 is 0 Å². The lowest BCUT2D eigenvalue weighted by Gasteiger charge is -2.27. The summed E-state index contributed by atoms with van der Waals surface area (Å²) in [5.74, 6) is -1.09. The number of alkyl carbamates (subject to hydrolysis) is 1. The minimum atomic E-state index is -0.948. The summed E-state index contributed by atoms with van der Waals surface area (Å²) in [6.07, 6.45) is 2.13. The number of rotatable bonds is 12. The van der Waals surface area contributed by atoms with Crippen LogP contribution in [0, 0.1) is 11.8 Å². The predicted octanol–water partition coefficient (Wildman–Crippen LogP) is 5.44. The molecular formula is C32H34N2O5. The van der Waals surface area contributed by atoms with Gasteiger partial charge < -0.3 is 20.1 Å². The molecule has 39 heavy (non-hydrogen) atoms. The van der Waals surface area contributed by atoms with Gasteiger partial charge in [-0.25, -0.2) is 4.79 Å². The van der Waals surface area contributed by atoms with Gasteiger partial charge in [0.05, 0.1) is 12.3 Å². The molecule has 0 saturated heterocycles. The number of nitrogens with one attached hydrogen (secondary N) is 1. The second-order valence-corrected chi connectivity index (χ2v) is 10.5. The van der Waals surface area contributed by atoms with Gasteiger partial charge in [0, 0.05) is 25.6 Å². The fourth-order valence-corrected chi connectivity index (χ4v) is 5.44. The molecule has 0 spiro atoms. The van der Waals surface area contributed by atoms with Gasteiger partial charge >= 0.3 is 12.1 Å². The second-order valence-electron chi connectivity index (χ2n) is 10.5. The summed E-state index contributed by atoms with van der Waals surface area (Å²) in [5, 5.41) is 12.1. The first-order valence-electron chi connectivity index (χ1n) is 13.6. The number of ether oxygens (including phenoxy) is 1. The molecule has 2 aliphatic carbocycles. The van der Waals surface area contributed by atoms with Crippen molar-refractivity contribution < 1.29 is 24.2 Å². The van der Waals surface area contributed by atoms with Gasteiger partial charge in [0.1, 0.15) is 6.61 Å². The van der Waals surface area contributed by atoms with E-state index in [2.05, 4.69) is 29.6 Å². The SMILES string of the molecule is O=C(O)CCN(Cc1ccccc1)C(=O)C(CNC(=O)OCC1c2ccccc2-c2ccccc21)CC1CC1. The number of amides is 2. The van der Waals surface area contributed by atoms with Crippen molar-refractivity contribution in [3.05, 3.63) is 95.6 Å². The van der Waals surface area contributed by atoms with Gasteiger partial charge in [0.15, 0.2) is 0 Å². The van der Waals surface area contributed by atoms with Crippen molar-refractivity contribution >= 4 is 18.0 Å². The van der Waals surface area contributed by atoms with Crippen molar-refractivity contribution in [1.29, 1.82) is 0 Å². The third-order valence-corrected chi connectivity index (χ3v) is 7.62. The summed E-state index contributed by atoms with van der Waals surface area (Å²) in [6, 6.07) is 25.9. The Hall–Kier alpha value is -4.13. The molecule has 3 aromatic rings. The van der Waals surface area contributed by atoms with E-state index in [-0.39, 0.29) is 37.9 Å². The molecule has 1 saturated carbocycles. The highest BCUT2D eigenvalue weighted by molar-refractivity contribution is 5.81. The summed E-state index contributed by atoms with van der Waals surface area (Å²) >= 11 is 0. The Balaban J connectivity index is 1.22. The van der Waals surface area contributed by atoms with Crippen LogP contribution in [-0.2, 0) is 20.9 Å². The highest BCUT2D eigenvalue weighted by Crippen LogP contribution is 2.44. The van der Waals surface area contributed by atoms with Gasteiger partial charge in [-0.2, -0.15) is 0 Å². The van der Waals surface area contributed by atoms with E-state index in [1.807, 2.05) is 54.6 Å². The van der Waals surface area contributed by atoms with Crippen LogP contribution in [-0.4, -0.2) is 47.7 Å². The normalized spacial score (nSPS) is 14.7. The fourth-order valence-electron chi connectivity index (χ4n) is 5.44. The van der Waals surface area contributed by atoms with Crippen LogP contribution in [0.1, 0.15) is 48.3 Å². The summed E-state index contributed by atoms with van der Waals surface area (Å²) in [4.78, 5) is 39.3. The monoisotopic (exact) mass is 526 g/mol. The van der Waals surface area contributed by atoms with Gasteiger partial charge in [-0.05, 0) is 40.2 Å². The highest BCUT2D eigenvalue weighted by Gasteiger charge is 2.33. The van der Waals surface area contributed by atoms with Gasteiger partial charge in [0.2, 0.25) is 5.91 Å². The molecule has 0 radical (unpaired) electrons. The lowest BCUT2D eigenvalue weighted by Crippen LogP contribution is -2.42. The van der Waals surface area contributed by atoms with E-state index in [0.29, 0.717) is 18.9 Å². The van der Waals surface area contributed by atoms with Crippen LogP contribution in [0.4, 0.5) is 4.79 Å². The Morgan fingerprint density at radius 1 is 0.897 bits per heavy atom. The average Bonchev–Trinajstić information content (AvgIpc) is 3.72. The largest absolute Gasteiger partial charge is 0.481 e. The minimum absolute atomic E-state index is 0.0376. The molecule has 2 amide bonds. The fraction of sp³-hybridized carbons (Fsp3) is 0.344. The molecule has 0 aliphatic heterocycles. The predicted molar refractivity (Wildman–Crippen MR) is 148 cm³/mol. The zero-order valence-corrected chi connectivity index (χ0v) is 21.9. The maximum atomic E-state index is 13.6. The molecule has 5 rings (SSSR count). The molecule has 1 fully saturated rings. The molecule has 2 aliphatic rings. The Labute approximate surface area is 228 Å². The van der Waals surface area contributed by atoms with Crippen molar-refractivity contribution in [3.63, 3.8) is 0 Å². The number of carboxylic acid groups (broad SMARTS) is 1. The number of nitrogens with zero attached hydrogens (tertiary/aromatic N) is 1. The molecule has 1 unspecified atom stereocenters. The highest BCUT2D eigenvalue weighted by atomic mass is 16.5. The third-order valence-electron chi connectivity index (χ3n) is 7.62. The number of hydrogen-bond acceptors (Lipinski definition) is 4. The lowest BCUT2D eigenvalue weighted by molar-refractivity contribution is -0.140. The first-order valence-corrected chi connectivity index (χ1v) is 13.6. The topological polar surface area (TPSA) is 95.9 Å². The maximum Gasteiger partial charge on any atom is 0.407 e. The zero-order valence-electron chi connectivity index (χ0n) is 21.9. The molecule has 0 heterocycles. The molecule has 0 bridgehead atoms. The summed E-state index contributed by atoms with van der Waals surface area (Å²) < 4.78 is 5.67. The number of carboxylic acids is 1. The van der Waals surface area contributed by atoms with E-state index >= 15 is 0 Å². The van der Waals surface area contributed by atoms with Crippen LogP contribution in [0.5, 0.6) is 0 Å². The van der Waals surface area contributed by atoms with E-state index in [1.165, 1.54) is 0 Å². The van der Waals surface area contributed by atoms with Crippen LogP contribution in [0.25, 0.3) is 11.1 Å². The molecular weight excluding hydrogens is 492 g/mol. The first kappa shape index (κ1) is 26.5. The van der Waals surface area contributed by atoms with Crippen molar-refractivity contribution in [1.82, 2.24) is 10.2 Å². The molecule has 0 aromatic heterocycles. The van der Waals surface area contributed by atoms with Gasteiger partial charge in [-0.1, -0.05) is 91.7 Å². The molecule has 7 heteroatoms. The van der Waals surface area contributed by atoms with E-state index < -0.39 is 18.0 Å². The van der Waals surface area contributed by atoms with E-state index in [0.717, 1.165) is 40.7 Å². The summed E-state index contributed by atoms with van der Waals surface area (Å²) in [6.45, 7) is 0.818. The number of aliphatic carboxylic acids is 1. The molecule has 1 atom stereocenters. The zero-order chi connectivity index (χ0) is 27.2. The third kappa shape index (κ3) is 6.66. The van der Waals surface area contributed by atoms with Gasteiger partial charge in [-0.15, -0.1) is 0 Å². The molecule has 202 valence electrons. The number of benzene rings is 3. The van der Waals surface area contributed by atoms with E-state index in [9.17, 15) is 19.5 Å². The quantitative estimate of drug-likeness (QED) is 0.327. The van der Waals surface area contributed by atoms with Crippen LogP contribution in [0.3, 0.4) is 0 Å². The number of carbonyl (C=O) groups is 3. The van der Waals surface area contributed by atoms with Crippen molar-refractivity contribution in [2.24, 2.45) is 11.8 Å². The van der Waals surface area contributed by atoms with Gasteiger partial charge in [0.25, 0.3) is 0 Å². The molecule has 3 aromatic carbocycles. The van der Waals surface area contributed by atoms with E-state index in [4.69, 9.17) is 4.74 Å². The Morgan fingerprint density at radius 2 is 1.51 bits per heavy atom. The number of hydrogen-bond donors (Lipinski definition) is 2. The smallest absolute Gasteiger partial charge is 0.407 e. The minimum Gasteiger partial charge on any atom is -0.481 e. The Bertz CT molecular complexity index is 1280. The van der Waals surface area contributed by atoms with Gasteiger partial charge in [-0.3, -0.25) is 9.59 Å². The second kappa shape index (κ2) is 12.2. The first-order chi connectivity index (χ1) is 19.0. The lowest BCUT2D eigenvalue weighted by atomic mass is 9.98. The number of fused-ring (bicyclic) bond motifs is 3. The van der Waals surface area contributed by atoms with Crippen LogP contribution < -0.4 is 5.32 Å². The Kier molecular flexibility index (Phi) is 8.25. The maximum absolute atomic E-state index is 13.6. The standard InChI is InChI=1S/C32H34N2O5/c35-30(36)16-17-34(20-23-8-2-1-3-9-23)31(37)24(18-22-14-15-22)19-33-32(38)39-21-29-27-12-6-4-10-25(27)26-11-5-7-13-28(26)29/h1-13,22,24,29H,14-21H2,(H,33,38)(H,35,36). The summed E-state index contributed by atoms with van der Waals surface area (Å²) in [5.41, 5.74) is 5.55. The van der Waals surface area contributed by atoms with Crippen LogP contribution in [0.2, 0.25) is 0 Å². The molecule has 2 N–H and O–H groups in total. The Morgan fingerprint density at radius 3 is 2.13 bits per heavy atom. The summed E-state index contributed by atoms with van der Waals surface area (Å²) in [7, 11) is 0.